The van der Waals surface area contributed by atoms with Crippen molar-refractivity contribution in [2.24, 2.45) is 0 Å². The summed E-state index contributed by atoms with van der Waals surface area (Å²) < 4.78 is 13.5. The van der Waals surface area contributed by atoms with Gasteiger partial charge in [-0.05, 0) is 81.2 Å². The van der Waals surface area contributed by atoms with Gasteiger partial charge in [0.15, 0.2) is 0 Å². The molecule has 4 aliphatic rings. The van der Waals surface area contributed by atoms with E-state index in [9.17, 15) is 0 Å². The number of nitrogens with zero attached hydrogens (tertiary/aromatic N) is 1. The summed E-state index contributed by atoms with van der Waals surface area (Å²) in [5.74, 6) is 3.54. The lowest BCUT2D eigenvalue weighted by molar-refractivity contribution is 0.436. The number of ether oxygens (including phenoxy) is 2. The fourth-order valence-electron chi connectivity index (χ4n) is 11.9. The van der Waals surface area contributed by atoms with Crippen LogP contribution in [-0.4, -0.2) is 0 Å². The molecule has 63 heavy (non-hydrogen) atoms. The molecule has 0 N–H and O–H groups in total. The Balaban J connectivity index is 1.13. The third-order valence-corrected chi connectivity index (χ3v) is 14.2. The van der Waals surface area contributed by atoms with Gasteiger partial charge in [0.25, 0.3) is 0 Å². The molecule has 2 aliphatic heterocycles. The lowest BCUT2D eigenvalue weighted by atomic mass is 9.66. The van der Waals surface area contributed by atoms with E-state index in [2.05, 4.69) is 229 Å². The Kier molecular flexibility index (Phi) is 6.97. The summed E-state index contributed by atoms with van der Waals surface area (Å²) in [4.78, 5) is 2.57. The second-order valence-corrected chi connectivity index (χ2v) is 17.0. The molecule has 0 atom stereocenters. The van der Waals surface area contributed by atoms with E-state index in [-0.39, 0.29) is 0 Å². The zero-order chi connectivity index (χ0) is 41.3. The van der Waals surface area contributed by atoms with Gasteiger partial charge in [-0.2, -0.15) is 0 Å². The minimum atomic E-state index is -0.609. The molecule has 2 spiro atoms. The predicted molar refractivity (Wildman–Crippen MR) is 253 cm³/mol. The van der Waals surface area contributed by atoms with Crippen molar-refractivity contribution in [2.75, 3.05) is 4.90 Å². The predicted octanol–water partition coefficient (Wildman–Crippen LogP) is 15.2. The highest BCUT2D eigenvalue weighted by molar-refractivity contribution is 6.07. The molecule has 0 unspecified atom stereocenters. The van der Waals surface area contributed by atoms with Gasteiger partial charge in [-0.15, -0.1) is 0 Å². The van der Waals surface area contributed by atoms with Crippen molar-refractivity contribution in [3.63, 3.8) is 0 Å². The van der Waals surface area contributed by atoms with Gasteiger partial charge in [-0.3, -0.25) is 0 Å². The molecule has 0 amide bonds. The summed E-state index contributed by atoms with van der Waals surface area (Å²) in [5, 5.41) is 2.37. The van der Waals surface area contributed by atoms with Crippen LogP contribution in [0.3, 0.4) is 0 Å². The monoisotopic (exact) mass is 803 g/mol. The molecule has 0 saturated heterocycles. The van der Waals surface area contributed by atoms with E-state index in [4.69, 9.17) is 9.47 Å². The van der Waals surface area contributed by atoms with E-state index in [0.717, 1.165) is 62.3 Å². The Morgan fingerprint density at radius 1 is 0.270 bits per heavy atom. The first kappa shape index (κ1) is 34.6. The van der Waals surface area contributed by atoms with E-state index >= 15 is 0 Å². The maximum atomic E-state index is 6.73. The highest BCUT2D eigenvalue weighted by Crippen LogP contribution is 2.67. The van der Waals surface area contributed by atoms with E-state index in [1.807, 2.05) is 0 Å². The van der Waals surface area contributed by atoms with Gasteiger partial charge in [-0.25, -0.2) is 0 Å². The summed E-state index contributed by atoms with van der Waals surface area (Å²) in [6.45, 7) is 0. The molecular weight excluding hydrogens is 767 g/mol. The number of hydrogen-bond donors (Lipinski definition) is 0. The third kappa shape index (κ3) is 4.33. The van der Waals surface area contributed by atoms with Crippen LogP contribution < -0.4 is 14.4 Å². The van der Waals surface area contributed by atoms with Crippen LogP contribution in [-0.2, 0) is 10.8 Å². The number of fused-ring (bicyclic) bond motifs is 19. The summed E-state index contributed by atoms with van der Waals surface area (Å²) in [6.07, 6.45) is 0. The van der Waals surface area contributed by atoms with Crippen molar-refractivity contribution < 1.29 is 9.47 Å². The molecule has 294 valence electrons. The molecule has 0 saturated carbocycles. The fraction of sp³-hybridized carbons (Fsp3) is 0.0333. The minimum absolute atomic E-state index is 0.609. The van der Waals surface area contributed by atoms with Crippen molar-refractivity contribution in [2.45, 2.75) is 10.8 Å². The van der Waals surface area contributed by atoms with E-state index < -0.39 is 10.8 Å². The highest BCUT2D eigenvalue weighted by atomic mass is 16.5. The lowest BCUT2D eigenvalue weighted by Gasteiger charge is -2.40. The third-order valence-electron chi connectivity index (χ3n) is 14.2. The lowest BCUT2D eigenvalue weighted by Crippen LogP contribution is -2.32. The van der Waals surface area contributed by atoms with Crippen LogP contribution in [0.5, 0.6) is 23.0 Å². The Morgan fingerprint density at radius 3 is 1.08 bits per heavy atom. The Bertz CT molecular complexity index is 3270. The Morgan fingerprint density at radius 2 is 0.603 bits per heavy atom. The normalized spacial score (nSPS) is 14.5. The van der Waals surface area contributed by atoms with Gasteiger partial charge in [0.2, 0.25) is 0 Å². The second-order valence-electron chi connectivity index (χ2n) is 17.0. The first-order valence-corrected chi connectivity index (χ1v) is 21.8. The maximum absolute atomic E-state index is 6.73. The first-order chi connectivity index (χ1) is 31.3. The molecular formula is C60H37NO2. The van der Waals surface area contributed by atoms with Crippen LogP contribution in [0.25, 0.3) is 33.0 Å². The molecule has 10 aromatic carbocycles. The van der Waals surface area contributed by atoms with E-state index in [1.165, 1.54) is 55.3 Å². The summed E-state index contributed by atoms with van der Waals surface area (Å²) >= 11 is 0. The van der Waals surface area contributed by atoms with Crippen molar-refractivity contribution in [3.05, 3.63) is 269 Å². The molecule has 2 heterocycles. The molecule has 0 aromatic heterocycles. The van der Waals surface area contributed by atoms with Crippen LogP contribution in [0.1, 0.15) is 44.5 Å². The Labute approximate surface area is 365 Å². The summed E-state index contributed by atoms with van der Waals surface area (Å²) in [5.41, 5.74) is 16.6. The number of rotatable bonds is 3. The van der Waals surface area contributed by atoms with Crippen LogP contribution in [0, 0.1) is 0 Å². The van der Waals surface area contributed by atoms with Crippen molar-refractivity contribution in [1.82, 2.24) is 0 Å². The fourth-order valence-corrected chi connectivity index (χ4v) is 11.9. The molecule has 10 aromatic rings. The molecule has 3 heteroatoms. The SMILES string of the molecule is c1ccc2c(c1)Oc1ccccc1C21c2ccccc2-c2c(N(c3cccc4c3-c3ccccc3C43c4ccccc4Oc4ccccc43)c3cccc4ccccc34)cccc21. The average molecular weight is 804 g/mol. The summed E-state index contributed by atoms with van der Waals surface area (Å²) in [7, 11) is 0. The van der Waals surface area contributed by atoms with Crippen LogP contribution in [0.15, 0.2) is 224 Å². The van der Waals surface area contributed by atoms with Crippen molar-refractivity contribution in [3.8, 4) is 45.3 Å². The molecule has 2 aliphatic carbocycles. The van der Waals surface area contributed by atoms with Gasteiger partial charge in [0.1, 0.15) is 23.0 Å². The van der Waals surface area contributed by atoms with E-state index in [1.54, 1.807) is 0 Å². The van der Waals surface area contributed by atoms with Gasteiger partial charge >= 0.3 is 0 Å². The van der Waals surface area contributed by atoms with Crippen LogP contribution >= 0.6 is 0 Å². The van der Waals surface area contributed by atoms with Crippen molar-refractivity contribution >= 4 is 27.8 Å². The number of benzene rings is 10. The molecule has 3 nitrogen and oxygen atoms in total. The number of hydrogen-bond acceptors (Lipinski definition) is 3. The summed E-state index contributed by atoms with van der Waals surface area (Å²) in [6, 6.07) is 82.0. The smallest absolute Gasteiger partial charge is 0.132 e. The van der Waals surface area contributed by atoms with Gasteiger partial charge in [0.05, 0.1) is 27.9 Å². The van der Waals surface area contributed by atoms with Crippen molar-refractivity contribution in [1.29, 1.82) is 0 Å². The van der Waals surface area contributed by atoms with Crippen LogP contribution in [0.2, 0.25) is 0 Å². The first-order valence-electron chi connectivity index (χ1n) is 21.8. The second kappa shape index (κ2) is 12.7. The average Bonchev–Trinajstić information content (AvgIpc) is 3.81. The molecule has 0 bridgehead atoms. The topological polar surface area (TPSA) is 21.7 Å². The molecule has 0 radical (unpaired) electrons. The molecule has 14 rings (SSSR count). The zero-order valence-electron chi connectivity index (χ0n) is 34.1. The number of anilines is 3. The largest absolute Gasteiger partial charge is 0.457 e. The highest BCUT2D eigenvalue weighted by Gasteiger charge is 2.54. The maximum Gasteiger partial charge on any atom is 0.132 e. The minimum Gasteiger partial charge on any atom is -0.457 e. The quantitative estimate of drug-likeness (QED) is 0.178. The van der Waals surface area contributed by atoms with Gasteiger partial charge in [0, 0.05) is 38.8 Å². The number of para-hydroxylation sites is 4. The molecule has 0 fully saturated rings. The van der Waals surface area contributed by atoms with Crippen LogP contribution in [0.4, 0.5) is 17.1 Å². The standard InChI is InChI=1S/C60H37NO2/c1-2-20-39-38(18-1)19-15-31-50(39)61(51-32-16-29-48-57(51)40-21-3-5-23-42(40)59(48)44-25-7-11-34-53(44)62-54-35-12-8-26-45(54)59)52-33-17-30-49-58(52)41-22-4-6-24-43(41)60(49)46-27-9-13-36-55(46)63-56-37-14-10-28-47(56)60/h1-37H. The van der Waals surface area contributed by atoms with Gasteiger partial charge < -0.3 is 14.4 Å². The Hall–Kier alpha value is -8.14. The van der Waals surface area contributed by atoms with E-state index in [0.29, 0.717) is 0 Å². The zero-order valence-corrected chi connectivity index (χ0v) is 34.1. The van der Waals surface area contributed by atoms with Gasteiger partial charge in [-0.1, -0.05) is 182 Å².